The predicted octanol–water partition coefficient (Wildman–Crippen LogP) is 1.73. The Hall–Kier alpha value is -1.43. The maximum atomic E-state index is 12.6. The average Bonchev–Trinajstić information content (AvgIpc) is 2.83. The molecule has 1 aromatic rings. The minimum Gasteiger partial charge on any atom is -0.373 e. The van der Waals surface area contributed by atoms with Gasteiger partial charge >= 0.3 is 0 Å². The maximum Gasteiger partial charge on any atom is 0.253 e. The Balaban J connectivity index is 1.59. The Morgan fingerprint density at radius 3 is 2.54 bits per heavy atom. The average molecular weight is 331 g/mol. The number of carbonyl (C=O) groups excluding carboxylic acids is 1. The topological polar surface area (TPSA) is 44.8 Å². The third kappa shape index (κ3) is 4.56. The molecule has 0 saturated carbocycles. The fourth-order valence-corrected chi connectivity index (χ4v) is 3.66. The molecule has 2 aliphatic heterocycles. The molecule has 1 N–H and O–H groups in total. The van der Waals surface area contributed by atoms with Crippen LogP contribution in [-0.2, 0) is 11.3 Å². The zero-order valence-electron chi connectivity index (χ0n) is 14.8. The van der Waals surface area contributed by atoms with Gasteiger partial charge in [-0.05, 0) is 44.5 Å². The van der Waals surface area contributed by atoms with Gasteiger partial charge in [-0.3, -0.25) is 9.69 Å². The first-order valence-corrected chi connectivity index (χ1v) is 9.08. The number of nitrogens with one attached hydrogen (secondary N) is 1. The van der Waals surface area contributed by atoms with Gasteiger partial charge in [-0.2, -0.15) is 0 Å². The summed E-state index contributed by atoms with van der Waals surface area (Å²) in [5.41, 5.74) is 2.05. The molecule has 2 aliphatic rings. The molecule has 0 spiro atoms. The summed E-state index contributed by atoms with van der Waals surface area (Å²) in [6.07, 6.45) is 1.59. The van der Waals surface area contributed by atoms with Gasteiger partial charge in [-0.1, -0.05) is 12.1 Å². The Morgan fingerprint density at radius 2 is 1.83 bits per heavy atom. The number of amides is 1. The summed E-state index contributed by atoms with van der Waals surface area (Å²) < 4.78 is 5.79. The monoisotopic (exact) mass is 331 g/mol. The molecule has 2 fully saturated rings. The van der Waals surface area contributed by atoms with Crippen LogP contribution in [0.3, 0.4) is 0 Å². The number of nitrogens with zero attached hydrogens (tertiary/aromatic N) is 2. The molecular formula is C19H29N3O2. The van der Waals surface area contributed by atoms with Crippen molar-refractivity contribution in [1.82, 2.24) is 15.1 Å². The van der Waals surface area contributed by atoms with Crippen LogP contribution in [0.25, 0.3) is 0 Å². The quantitative estimate of drug-likeness (QED) is 0.916. The van der Waals surface area contributed by atoms with Gasteiger partial charge in [0.25, 0.3) is 5.91 Å². The van der Waals surface area contributed by atoms with Crippen LogP contribution in [-0.4, -0.2) is 67.2 Å². The lowest BCUT2D eigenvalue weighted by Gasteiger charge is -2.35. The number of ether oxygens (including phenoxy) is 1. The molecule has 5 heteroatoms. The highest BCUT2D eigenvalue weighted by Gasteiger charge is 2.22. The van der Waals surface area contributed by atoms with E-state index in [-0.39, 0.29) is 18.1 Å². The number of benzene rings is 1. The molecule has 3 rings (SSSR count). The predicted molar refractivity (Wildman–Crippen MR) is 95.1 cm³/mol. The van der Waals surface area contributed by atoms with Crippen molar-refractivity contribution in [2.45, 2.75) is 39.0 Å². The van der Waals surface area contributed by atoms with E-state index in [4.69, 9.17) is 4.74 Å². The van der Waals surface area contributed by atoms with Crippen LogP contribution in [0.15, 0.2) is 24.3 Å². The zero-order valence-corrected chi connectivity index (χ0v) is 14.8. The van der Waals surface area contributed by atoms with Crippen molar-refractivity contribution in [2.75, 3.05) is 39.3 Å². The van der Waals surface area contributed by atoms with E-state index in [0.717, 1.165) is 57.8 Å². The lowest BCUT2D eigenvalue weighted by atomic mass is 10.1. The Morgan fingerprint density at radius 1 is 1.12 bits per heavy atom. The summed E-state index contributed by atoms with van der Waals surface area (Å²) in [5, 5.41) is 3.34. The molecule has 132 valence electrons. The van der Waals surface area contributed by atoms with Crippen molar-refractivity contribution in [3.8, 4) is 0 Å². The van der Waals surface area contributed by atoms with Crippen molar-refractivity contribution in [2.24, 2.45) is 0 Å². The summed E-state index contributed by atoms with van der Waals surface area (Å²) in [6, 6.07) is 8.13. The SMILES string of the molecule is C[C@H]1CN(Cc2ccc(C(=O)N3CCCNCC3)cc2)C[C@H](C)O1. The summed E-state index contributed by atoms with van der Waals surface area (Å²) in [4.78, 5) is 17.0. The Labute approximate surface area is 145 Å². The smallest absolute Gasteiger partial charge is 0.253 e. The van der Waals surface area contributed by atoms with Gasteiger partial charge in [-0.15, -0.1) is 0 Å². The third-order valence-corrected chi connectivity index (χ3v) is 4.73. The molecule has 2 heterocycles. The highest BCUT2D eigenvalue weighted by atomic mass is 16.5. The Kier molecular flexibility index (Phi) is 5.87. The van der Waals surface area contributed by atoms with Crippen LogP contribution in [0.1, 0.15) is 36.2 Å². The van der Waals surface area contributed by atoms with Crippen molar-refractivity contribution in [3.63, 3.8) is 0 Å². The molecule has 0 aromatic heterocycles. The summed E-state index contributed by atoms with van der Waals surface area (Å²) in [5.74, 6) is 0.152. The number of morpholine rings is 1. The lowest BCUT2D eigenvalue weighted by molar-refractivity contribution is -0.0704. The van der Waals surface area contributed by atoms with Crippen molar-refractivity contribution < 1.29 is 9.53 Å². The van der Waals surface area contributed by atoms with Gasteiger partial charge in [0.15, 0.2) is 0 Å². The van der Waals surface area contributed by atoms with Crippen molar-refractivity contribution >= 4 is 5.91 Å². The molecule has 24 heavy (non-hydrogen) atoms. The largest absolute Gasteiger partial charge is 0.373 e. The molecule has 0 aliphatic carbocycles. The van der Waals surface area contributed by atoms with Gasteiger partial charge in [0, 0.05) is 44.8 Å². The molecule has 0 unspecified atom stereocenters. The van der Waals surface area contributed by atoms with Crippen molar-refractivity contribution in [3.05, 3.63) is 35.4 Å². The normalized spacial score (nSPS) is 26.2. The van der Waals surface area contributed by atoms with E-state index in [9.17, 15) is 4.79 Å². The molecule has 1 aromatic carbocycles. The number of hydrogen-bond donors (Lipinski definition) is 1. The summed E-state index contributed by atoms with van der Waals surface area (Å²) in [7, 11) is 0. The fraction of sp³-hybridized carbons (Fsp3) is 0.632. The highest BCUT2D eigenvalue weighted by Crippen LogP contribution is 2.15. The van der Waals surface area contributed by atoms with Crippen LogP contribution >= 0.6 is 0 Å². The number of rotatable bonds is 3. The standard InChI is InChI=1S/C19H29N3O2/c1-15-12-21(13-16(2)24-15)14-17-4-6-18(7-5-17)19(23)22-10-3-8-20-9-11-22/h4-7,15-16,20H,3,8-14H2,1-2H3/t15-,16-/m0/s1. The van der Waals surface area contributed by atoms with Crippen LogP contribution in [0.5, 0.6) is 0 Å². The first kappa shape index (κ1) is 17.4. The second kappa shape index (κ2) is 8.10. The van der Waals surface area contributed by atoms with E-state index in [1.807, 2.05) is 17.0 Å². The second-order valence-corrected chi connectivity index (χ2v) is 7.04. The minimum absolute atomic E-state index is 0.152. The van der Waals surface area contributed by atoms with E-state index >= 15 is 0 Å². The molecule has 0 radical (unpaired) electrons. The fourth-order valence-electron chi connectivity index (χ4n) is 3.66. The zero-order chi connectivity index (χ0) is 16.9. The minimum atomic E-state index is 0.152. The number of carbonyl (C=O) groups is 1. The Bertz CT molecular complexity index is 528. The summed E-state index contributed by atoms with van der Waals surface area (Å²) in [6.45, 7) is 10.6. The molecule has 2 saturated heterocycles. The summed E-state index contributed by atoms with van der Waals surface area (Å²) >= 11 is 0. The van der Waals surface area contributed by atoms with E-state index in [1.165, 1.54) is 5.56 Å². The van der Waals surface area contributed by atoms with Crippen LogP contribution < -0.4 is 5.32 Å². The molecule has 2 atom stereocenters. The third-order valence-electron chi connectivity index (χ3n) is 4.73. The van der Waals surface area contributed by atoms with Crippen LogP contribution in [0.2, 0.25) is 0 Å². The van der Waals surface area contributed by atoms with Gasteiger partial charge < -0.3 is 15.0 Å². The molecule has 0 bridgehead atoms. The molecule has 1 amide bonds. The first-order valence-electron chi connectivity index (χ1n) is 9.08. The van der Waals surface area contributed by atoms with Gasteiger partial charge in [0.2, 0.25) is 0 Å². The van der Waals surface area contributed by atoms with Crippen molar-refractivity contribution in [1.29, 1.82) is 0 Å². The maximum absolute atomic E-state index is 12.6. The van der Waals surface area contributed by atoms with Gasteiger partial charge in [-0.25, -0.2) is 0 Å². The molecule has 5 nitrogen and oxygen atoms in total. The first-order chi connectivity index (χ1) is 11.6. The van der Waals surface area contributed by atoms with Gasteiger partial charge in [0.05, 0.1) is 12.2 Å². The van der Waals surface area contributed by atoms with Gasteiger partial charge in [0.1, 0.15) is 0 Å². The molecular weight excluding hydrogens is 302 g/mol. The van der Waals surface area contributed by atoms with E-state index in [0.29, 0.717) is 0 Å². The van der Waals surface area contributed by atoms with E-state index in [2.05, 4.69) is 36.2 Å². The van der Waals surface area contributed by atoms with E-state index in [1.54, 1.807) is 0 Å². The lowest BCUT2D eigenvalue weighted by Crippen LogP contribution is -2.44. The van der Waals surface area contributed by atoms with Crippen LogP contribution in [0, 0.1) is 0 Å². The second-order valence-electron chi connectivity index (χ2n) is 7.04. The van der Waals surface area contributed by atoms with Crippen LogP contribution in [0.4, 0.5) is 0 Å². The van der Waals surface area contributed by atoms with E-state index < -0.39 is 0 Å². The highest BCUT2D eigenvalue weighted by molar-refractivity contribution is 5.94. The number of hydrogen-bond acceptors (Lipinski definition) is 4.